The molecule has 132 heavy (non-hydrogen) atoms. The molecule has 0 amide bonds. The standard InChI is InChI=1S/2C64H42N2/c1-3-18-45(19-4-1)63-55-24-9-11-26-57(55)64(58-27-12-10-25-56(58)63)54-30-15-29-52-51(54)28-16-32-60(52)65(49-37-35-44(36-38-49)47-34-33-43-17-7-8-20-46(43)41-47)50-39-40-62-59(42-50)53-23-13-14-31-61(53)66(62)48-21-5-2-6-22-48;1-3-16-45(17-4-1)63-56-22-9-11-24-58(56)64(59-25-12-10-23-57(59)63)50-30-29-49-41-53(36-33-48(49)40-50)65(52-34-31-44(32-35-52)47-28-27-43-15-7-8-18-46(43)39-47)54-37-38-62-60(42-54)55-21-13-14-26-61(55)66(62)51-19-5-2-6-20-51/h2*1-42H. The van der Waals surface area contributed by atoms with Crippen molar-refractivity contribution < 1.29 is 0 Å². The van der Waals surface area contributed by atoms with Gasteiger partial charge in [-0.25, -0.2) is 0 Å². The second-order valence-electron chi connectivity index (χ2n) is 34.5. The van der Waals surface area contributed by atoms with Gasteiger partial charge in [0.2, 0.25) is 0 Å². The molecule has 2 aromatic heterocycles. The molecule has 0 saturated carbocycles. The number of nitrogens with zero attached hydrogens (tertiary/aromatic N) is 4. The normalized spacial score (nSPS) is 11.6. The number of para-hydroxylation sites is 4. The first-order valence-electron chi connectivity index (χ1n) is 45.5. The molecule has 26 aromatic rings. The Labute approximate surface area is 765 Å². The van der Waals surface area contributed by atoms with Gasteiger partial charge in [-0.3, -0.25) is 0 Å². The Morgan fingerprint density at radius 2 is 0.432 bits per heavy atom. The monoisotopic (exact) mass is 1680 g/mol. The SMILES string of the molecule is c1ccc(-c2c3ccccc3c(-c3ccc4cc(N(c5ccc(-c6ccc7ccccc7c6)cc5)c5ccc6c(c5)c5ccccc5n6-c5ccccc5)ccc4c3)c3ccccc23)cc1.c1ccc(-c2c3ccccc3c(-c3cccc4c(N(c5ccc(-c6ccc7ccccc7c6)cc5)c5ccc6c(c5)c5ccccc5n6-c5ccccc5)cccc34)c3ccccc23)cc1. The summed E-state index contributed by atoms with van der Waals surface area (Å²) in [5.74, 6) is 0. The van der Waals surface area contributed by atoms with Crippen LogP contribution in [-0.4, -0.2) is 9.13 Å². The van der Waals surface area contributed by atoms with Gasteiger partial charge in [0, 0.05) is 66.7 Å². The van der Waals surface area contributed by atoms with Crippen molar-refractivity contribution in [2.45, 2.75) is 0 Å². The molecular formula is C128H84N4. The lowest BCUT2D eigenvalue weighted by Crippen LogP contribution is -2.10. The Kier molecular flexibility index (Phi) is 18.9. The summed E-state index contributed by atoms with van der Waals surface area (Å²) in [6.07, 6.45) is 0. The number of rotatable bonds is 14. The average Bonchev–Trinajstić information content (AvgIpc) is 1.08. The van der Waals surface area contributed by atoms with Gasteiger partial charge in [-0.15, -0.1) is 0 Å². The maximum absolute atomic E-state index is 2.46. The summed E-state index contributed by atoms with van der Waals surface area (Å²) in [5.41, 5.74) is 28.4. The third-order valence-electron chi connectivity index (χ3n) is 27.0. The van der Waals surface area contributed by atoms with Crippen molar-refractivity contribution >= 4 is 164 Å². The summed E-state index contributed by atoms with van der Waals surface area (Å²) in [5, 5.41) is 24.7. The third kappa shape index (κ3) is 13.3. The molecule has 616 valence electrons. The van der Waals surface area contributed by atoms with Crippen LogP contribution in [0.2, 0.25) is 0 Å². The first kappa shape index (κ1) is 76.9. The summed E-state index contributed by atoms with van der Waals surface area (Å²) >= 11 is 0. The second kappa shape index (κ2) is 32.5. The second-order valence-corrected chi connectivity index (χ2v) is 34.5. The number of hydrogen-bond donors (Lipinski definition) is 0. The molecule has 24 aromatic carbocycles. The van der Waals surface area contributed by atoms with Crippen LogP contribution in [0.25, 0.3) is 208 Å². The molecule has 0 fully saturated rings. The van der Waals surface area contributed by atoms with Crippen molar-refractivity contribution in [2.24, 2.45) is 0 Å². The third-order valence-corrected chi connectivity index (χ3v) is 27.0. The molecule has 4 nitrogen and oxygen atoms in total. The predicted octanol–water partition coefficient (Wildman–Crippen LogP) is 35.7. The van der Waals surface area contributed by atoms with Crippen molar-refractivity contribution in [3.8, 4) is 78.1 Å². The lowest BCUT2D eigenvalue weighted by atomic mass is 9.84. The van der Waals surface area contributed by atoms with E-state index in [1.165, 1.54) is 197 Å². The molecule has 0 unspecified atom stereocenters. The van der Waals surface area contributed by atoms with E-state index in [9.17, 15) is 0 Å². The molecule has 26 rings (SSSR count). The smallest absolute Gasteiger partial charge is 0.0542 e. The van der Waals surface area contributed by atoms with Crippen LogP contribution in [0.3, 0.4) is 0 Å². The fourth-order valence-electron chi connectivity index (χ4n) is 21.1. The van der Waals surface area contributed by atoms with Crippen LogP contribution in [0.4, 0.5) is 34.1 Å². The Morgan fingerprint density at radius 1 is 0.136 bits per heavy atom. The van der Waals surface area contributed by atoms with Gasteiger partial charge in [0.15, 0.2) is 0 Å². The maximum Gasteiger partial charge on any atom is 0.0542 e. The molecule has 0 spiro atoms. The number of fused-ring (bicyclic) bond motifs is 14. The number of aromatic nitrogens is 2. The van der Waals surface area contributed by atoms with Crippen molar-refractivity contribution in [2.75, 3.05) is 9.80 Å². The van der Waals surface area contributed by atoms with E-state index in [0.29, 0.717) is 0 Å². The van der Waals surface area contributed by atoms with E-state index in [4.69, 9.17) is 0 Å². The molecule has 0 N–H and O–H groups in total. The Bertz CT molecular complexity index is 8890. The van der Waals surface area contributed by atoms with Crippen molar-refractivity contribution in [1.82, 2.24) is 9.13 Å². The fourth-order valence-corrected chi connectivity index (χ4v) is 21.1. The lowest BCUT2D eigenvalue weighted by Gasteiger charge is -2.28. The molecule has 0 aliphatic rings. The molecule has 2 heterocycles. The van der Waals surface area contributed by atoms with Crippen molar-refractivity contribution in [3.05, 3.63) is 510 Å². The molecule has 0 saturated heterocycles. The zero-order chi connectivity index (χ0) is 87.1. The highest BCUT2D eigenvalue weighted by Gasteiger charge is 2.26. The van der Waals surface area contributed by atoms with Crippen LogP contribution < -0.4 is 9.80 Å². The minimum atomic E-state index is 1.09. The van der Waals surface area contributed by atoms with E-state index in [-0.39, 0.29) is 0 Å². The van der Waals surface area contributed by atoms with Crippen LogP contribution in [-0.2, 0) is 0 Å². The van der Waals surface area contributed by atoms with Gasteiger partial charge < -0.3 is 18.9 Å². The van der Waals surface area contributed by atoms with Crippen molar-refractivity contribution in [3.63, 3.8) is 0 Å². The van der Waals surface area contributed by atoms with Crippen molar-refractivity contribution in [1.29, 1.82) is 0 Å². The van der Waals surface area contributed by atoms with E-state index in [2.05, 4.69) is 529 Å². The van der Waals surface area contributed by atoms with E-state index in [0.717, 1.165) is 45.5 Å². The highest BCUT2D eigenvalue weighted by Crippen LogP contribution is 2.51. The maximum atomic E-state index is 2.46. The van der Waals surface area contributed by atoms with Crippen LogP contribution in [0, 0.1) is 0 Å². The van der Waals surface area contributed by atoms with Gasteiger partial charge in [0.25, 0.3) is 0 Å². The molecule has 0 bridgehead atoms. The summed E-state index contributed by atoms with van der Waals surface area (Å²) in [6.45, 7) is 0. The fraction of sp³-hybridized carbons (Fsp3) is 0. The quantitative estimate of drug-likeness (QED) is 0.101. The molecule has 0 radical (unpaired) electrons. The average molecular weight is 1680 g/mol. The molecule has 0 atom stereocenters. The highest BCUT2D eigenvalue weighted by molar-refractivity contribution is 6.26. The Hall–Kier alpha value is -17.4. The topological polar surface area (TPSA) is 16.3 Å². The van der Waals surface area contributed by atoms with Crippen LogP contribution in [0.5, 0.6) is 0 Å². The summed E-state index contributed by atoms with van der Waals surface area (Å²) in [6, 6.07) is 187. The minimum Gasteiger partial charge on any atom is -0.310 e. The van der Waals surface area contributed by atoms with E-state index < -0.39 is 0 Å². The number of anilines is 6. The zero-order valence-electron chi connectivity index (χ0n) is 72.3. The Balaban J connectivity index is 0.000000142. The van der Waals surface area contributed by atoms with Crippen LogP contribution in [0.15, 0.2) is 510 Å². The highest BCUT2D eigenvalue weighted by atomic mass is 15.2. The van der Waals surface area contributed by atoms with Crippen LogP contribution in [0.1, 0.15) is 0 Å². The predicted molar refractivity (Wildman–Crippen MR) is 564 cm³/mol. The molecule has 0 aliphatic carbocycles. The summed E-state index contributed by atoms with van der Waals surface area (Å²) in [4.78, 5) is 4.87. The van der Waals surface area contributed by atoms with Gasteiger partial charge in [-0.1, -0.05) is 376 Å². The molecule has 0 aliphatic heterocycles. The van der Waals surface area contributed by atoms with E-state index >= 15 is 0 Å². The first-order chi connectivity index (χ1) is 65.5. The van der Waals surface area contributed by atoms with E-state index in [1.807, 2.05) is 0 Å². The summed E-state index contributed by atoms with van der Waals surface area (Å²) in [7, 11) is 0. The minimum absolute atomic E-state index is 1.09. The zero-order valence-corrected chi connectivity index (χ0v) is 72.3. The van der Waals surface area contributed by atoms with E-state index in [1.54, 1.807) is 0 Å². The Morgan fingerprint density at radius 3 is 0.909 bits per heavy atom. The number of benzene rings is 24. The van der Waals surface area contributed by atoms with Gasteiger partial charge >= 0.3 is 0 Å². The van der Waals surface area contributed by atoms with Gasteiger partial charge in [0.1, 0.15) is 0 Å². The molecular weight excluding hydrogens is 1590 g/mol. The first-order valence-corrected chi connectivity index (χ1v) is 45.5. The van der Waals surface area contributed by atoms with Gasteiger partial charge in [0.05, 0.1) is 27.8 Å². The van der Waals surface area contributed by atoms with Gasteiger partial charge in [-0.05, 0) is 281 Å². The lowest BCUT2D eigenvalue weighted by molar-refractivity contribution is 1.18. The van der Waals surface area contributed by atoms with Gasteiger partial charge in [-0.2, -0.15) is 0 Å². The number of hydrogen-bond acceptors (Lipinski definition) is 2. The summed E-state index contributed by atoms with van der Waals surface area (Å²) < 4.78 is 4.77. The molecule has 4 heteroatoms. The largest absolute Gasteiger partial charge is 0.310 e. The van der Waals surface area contributed by atoms with Crippen LogP contribution >= 0.6 is 0 Å².